The van der Waals surface area contributed by atoms with Gasteiger partial charge < -0.3 is 14.7 Å². The van der Waals surface area contributed by atoms with E-state index in [2.05, 4.69) is 4.90 Å². The summed E-state index contributed by atoms with van der Waals surface area (Å²) in [5, 5.41) is 0.833. The van der Waals surface area contributed by atoms with Gasteiger partial charge in [0.1, 0.15) is 5.82 Å². The van der Waals surface area contributed by atoms with Crippen LogP contribution in [0.5, 0.6) is 0 Å². The number of amides is 2. The molecule has 0 radical (unpaired) electrons. The predicted octanol–water partition coefficient (Wildman–Crippen LogP) is 4.33. The molecule has 0 bridgehead atoms. The van der Waals surface area contributed by atoms with Crippen LogP contribution >= 0.6 is 23.2 Å². The number of carbonyl (C=O) groups is 2. The molecule has 0 aliphatic carbocycles. The Morgan fingerprint density at radius 3 is 2.10 bits per heavy atom. The van der Waals surface area contributed by atoms with Crippen LogP contribution in [0.2, 0.25) is 10.0 Å². The molecular formula is C23H24Cl2FN3O2. The molecule has 31 heavy (non-hydrogen) atoms. The van der Waals surface area contributed by atoms with Gasteiger partial charge >= 0.3 is 0 Å². The van der Waals surface area contributed by atoms with Gasteiger partial charge in [-0.25, -0.2) is 4.39 Å². The van der Waals surface area contributed by atoms with Crippen molar-refractivity contribution in [1.82, 2.24) is 9.80 Å². The van der Waals surface area contributed by atoms with Crippen LogP contribution in [-0.4, -0.2) is 60.9 Å². The minimum Gasteiger partial charge on any atom is -0.368 e. The Morgan fingerprint density at radius 2 is 1.48 bits per heavy atom. The number of hydrogen-bond donors (Lipinski definition) is 0. The first-order valence-corrected chi connectivity index (χ1v) is 11.2. The molecule has 2 fully saturated rings. The van der Waals surface area contributed by atoms with Gasteiger partial charge in [-0.2, -0.15) is 0 Å². The summed E-state index contributed by atoms with van der Waals surface area (Å²) in [5.41, 5.74) is 1.41. The number of piperazine rings is 1. The monoisotopic (exact) mass is 463 g/mol. The number of likely N-dealkylation sites (tertiary alicyclic amines) is 1. The highest BCUT2D eigenvalue weighted by Gasteiger charge is 2.32. The Balaban J connectivity index is 1.28. The molecule has 0 unspecified atom stereocenters. The number of carbonyl (C=O) groups excluding carboxylic acids is 2. The van der Waals surface area contributed by atoms with Crippen molar-refractivity contribution in [3.63, 3.8) is 0 Å². The number of benzene rings is 2. The van der Waals surface area contributed by atoms with Crippen molar-refractivity contribution < 1.29 is 14.0 Å². The standard InChI is InChI=1S/C23H24Cl2FN3O2/c24-17-1-6-20(21(25)15-17)23(31)28-9-7-16(8-10-28)22(30)29-13-11-27(12-14-29)19-4-2-18(26)3-5-19/h1-6,15-16H,7-14H2. The van der Waals surface area contributed by atoms with Crippen LogP contribution in [0.15, 0.2) is 42.5 Å². The average molecular weight is 464 g/mol. The number of rotatable bonds is 3. The molecule has 0 atom stereocenters. The fraction of sp³-hybridized carbons (Fsp3) is 0.391. The van der Waals surface area contributed by atoms with Crippen molar-refractivity contribution in [3.05, 3.63) is 63.9 Å². The van der Waals surface area contributed by atoms with Crippen molar-refractivity contribution in [3.8, 4) is 0 Å². The molecule has 2 amide bonds. The number of nitrogens with zero attached hydrogens (tertiary/aromatic N) is 3. The van der Waals surface area contributed by atoms with E-state index in [4.69, 9.17) is 23.2 Å². The van der Waals surface area contributed by atoms with Gasteiger partial charge in [0.15, 0.2) is 0 Å². The van der Waals surface area contributed by atoms with Crippen LogP contribution in [0.3, 0.4) is 0 Å². The van der Waals surface area contributed by atoms with Gasteiger partial charge in [-0.15, -0.1) is 0 Å². The third-order valence-electron chi connectivity index (χ3n) is 6.08. The Bertz CT molecular complexity index is 954. The van der Waals surface area contributed by atoms with Crippen molar-refractivity contribution in [1.29, 1.82) is 0 Å². The first-order valence-electron chi connectivity index (χ1n) is 10.5. The minimum absolute atomic E-state index is 0.0675. The van der Waals surface area contributed by atoms with Gasteiger partial charge in [-0.1, -0.05) is 23.2 Å². The first-order chi connectivity index (χ1) is 14.9. The quantitative estimate of drug-likeness (QED) is 0.679. The molecule has 4 rings (SSSR count). The highest BCUT2D eigenvalue weighted by molar-refractivity contribution is 6.36. The van der Waals surface area contributed by atoms with E-state index in [0.717, 1.165) is 18.8 Å². The van der Waals surface area contributed by atoms with Crippen LogP contribution in [0.4, 0.5) is 10.1 Å². The molecule has 0 aromatic heterocycles. The van der Waals surface area contributed by atoms with Gasteiger partial charge in [0, 0.05) is 55.9 Å². The lowest BCUT2D eigenvalue weighted by Crippen LogP contribution is -2.52. The molecule has 2 aliphatic heterocycles. The summed E-state index contributed by atoms with van der Waals surface area (Å²) in [6.45, 7) is 3.81. The third kappa shape index (κ3) is 4.96. The molecule has 0 spiro atoms. The summed E-state index contributed by atoms with van der Waals surface area (Å²) < 4.78 is 13.1. The van der Waals surface area contributed by atoms with E-state index < -0.39 is 0 Å². The van der Waals surface area contributed by atoms with E-state index in [1.165, 1.54) is 12.1 Å². The van der Waals surface area contributed by atoms with Gasteiger partial charge in [0.25, 0.3) is 5.91 Å². The van der Waals surface area contributed by atoms with Crippen molar-refractivity contribution in [2.75, 3.05) is 44.2 Å². The Morgan fingerprint density at radius 1 is 0.839 bits per heavy atom. The second kappa shape index (κ2) is 9.45. The molecule has 2 saturated heterocycles. The van der Waals surface area contributed by atoms with Crippen LogP contribution < -0.4 is 4.90 Å². The molecular weight excluding hydrogens is 440 g/mol. The van der Waals surface area contributed by atoms with Crippen LogP contribution in [0.25, 0.3) is 0 Å². The zero-order valence-corrected chi connectivity index (χ0v) is 18.6. The van der Waals surface area contributed by atoms with E-state index in [1.807, 2.05) is 4.90 Å². The molecule has 164 valence electrons. The number of anilines is 1. The summed E-state index contributed by atoms with van der Waals surface area (Å²) in [4.78, 5) is 31.6. The fourth-order valence-electron chi connectivity index (χ4n) is 4.26. The van der Waals surface area contributed by atoms with E-state index in [9.17, 15) is 14.0 Å². The normalized spacial score (nSPS) is 17.7. The lowest BCUT2D eigenvalue weighted by atomic mass is 9.94. The number of piperidine rings is 1. The fourth-order valence-corrected chi connectivity index (χ4v) is 4.75. The average Bonchev–Trinajstić information content (AvgIpc) is 2.79. The molecule has 2 heterocycles. The van der Waals surface area contributed by atoms with E-state index in [-0.39, 0.29) is 23.5 Å². The summed E-state index contributed by atoms with van der Waals surface area (Å²) >= 11 is 12.1. The predicted molar refractivity (Wildman–Crippen MR) is 120 cm³/mol. The van der Waals surface area contributed by atoms with Gasteiger partial charge in [-0.3, -0.25) is 9.59 Å². The maximum atomic E-state index is 13.1. The second-order valence-corrected chi connectivity index (χ2v) is 8.82. The van der Waals surface area contributed by atoms with Crippen LogP contribution in [0, 0.1) is 11.7 Å². The first kappa shape index (κ1) is 21.9. The molecule has 0 N–H and O–H groups in total. The van der Waals surface area contributed by atoms with E-state index >= 15 is 0 Å². The van der Waals surface area contributed by atoms with Crippen molar-refractivity contribution in [2.45, 2.75) is 12.8 Å². The molecule has 8 heteroatoms. The maximum Gasteiger partial charge on any atom is 0.255 e. The zero-order valence-electron chi connectivity index (χ0n) is 17.1. The molecule has 5 nitrogen and oxygen atoms in total. The van der Waals surface area contributed by atoms with Gasteiger partial charge in [-0.05, 0) is 55.3 Å². The summed E-state index contributed by atoms with van der Waals surface area (Å²) in [5.74, 6) is -0.279. The second-order valence-electron chi connectivity index (χ2n) is 7.98. The molecule has 2 aromatic carbocycles. The highest BCUT2D eigenvalue weighted by Crippen LogP contribution is 2.26. The third-order valence-corrected chi connectivity index (χ3v) is 6.62. The SMILES string of the molecule is O=C(c1ccc(Cl)cc1Cl)N1CCC(C(=O)N2CCN(c3ccc(F)cc3)CC2)CC1. The summed E-state index contributed by atoms with van der Waals surface area (Å²) in [6, 6.07) is 11.3. The van der Waals surface area contributed by atoms with Gasteiger partial charge in [0.05, 0.1) is 10.6 Å². The van der Waals surface area contributed by atoms with Crippen molar-refractivity contribution >= 4 is 40.7 Å². The Labute approximate surface area is 191 Å². The van der Waals surface area contributed by atoms with Crippen LogP contribution in [-0.2, 0) is 4.79 Å². The summed E-state index contributed by atoms with van der Waals surface area (Å²) in [7, 11) is 0. The Hall–Kier alpha value is -2.31. The Kier molecular flexibility index (Phi) is 6.68. The maximum absolute atomic E-state index is 13.1. The van der Waals surface area contributed by atoms with Crippen molar-refractivity contribution in [2.24, 2.45) is 5.92 Å². The van der Waals surface area contributed by atoms with E-state index in [1.54, 1.807) is 35.2 Å². The van der Waals surface area contributed by atoms with Crippen LogP contribution in [0.1, 0.15) is 23.2 Å². The zero-order chi connectivity index (χ0) is 22.0. The highest BCUT2D eigenvalue weighted by atomic mass is 35.5. The molecule has 0 saturated carbocycles. The molecule has 2 aromatic rings. The topological polar surface area (TPSA) is 43.9 Å². The minimum atomic E-state index is -0.249. The smallest absolute Gasteiger partial charge is 0.255 e. The number of halogens is 3. The summed E-state index contributed by atoms with van der Waals surface area (Å²) in [6.07, 6.45) is 1.29. The lowest BCUT2D eigenvalue weighted by molar-refractivity contribution is -0.137. The van der Waals surface area contributed by atoms with Gasteiger partial charge in [0.2, 0.25) is 5.91 Å². The molecule has 2 aliphatic rings. The van der Waals surface area contributed by atoms with E-state index in [0.29, 0.717) is 54.6 Å². The lowest BCUT2D eigenvalue weighted by Gasteiger charge is -2.39. The number of hydrogen-bond acceptors (Lipinski definition) is 3. The largest absolute Gasteiger partial charge is 0.368 e.